The number of anilines is 1. The lowest BCUT2D eigenvalue weighted by Gasteiger charge is -2.12. The molecule has 5 nitrogen and oxygen atoms in total. The lowest BCUT2D eigenvalue weighted by atomic mass is 10.0. The molecule has 1 fully saturated rings. The molecule has 2 aromatic rings. The van der Waals surface area contributed by atoms with Crippen LogP contribution in [0.25, 0.3) is 0 Å². The number of carbonyl (C=O) groups is 2. The zero-order valence-corrected chi connectivity index (χ0v) is 14.2. The average molecular weight is 357 g/mol. The Labute approximate surface area is 150 Å². The molecule has 2 aromatic carbocycles. The highest BCUT2D eigenvalue weighted by Crippen LogP contribution is 2.32. The van der Waals surface area contributed by atoms with Crippen LogP contribution >= 0.6 is 0 Å². The largest absolute Gasteiger partial charge is 0.489 e. The molecule has 1 amide bonds. The molecule has 0 bridgehead atoms. The number of rotatable bonds is 6. The van der Waals surface area contributed by atoms with Crippen LogP contribution in [0.2, 0.25) is 0 Å². The average Bonchev–Trinajstić information content (AvgIpc) is 3.11. The van der Waals surface area contributed by atoms with E-state index in [1.54, 1.807) is 30.3 Å². The summed E-state index contributed by atoms with van der Waals surface area (Å²) >= 11 is 0. The molecule has 0 heterocycles. The molecule has 1 aliphatic carbocycles. The van der Waals surface area contributed by atoms with Crippen molar-refractivity contribution in [2.24, 2.45) is 11.8 Å². The van der Waals surface area contributed by atoms with E-state index in [1.165, 1.54) is 12.1 Å². The third-order valence-electron chi connectivity index (χ3n) is 4.55. The molecule has 2 atom stereocenters. The molecule has 0 spiro atoms. The van der Waals surface area contributed by atoms with E-state index in [0.29, 0.717) is 30.7 Å². The maximum absolute atomic E-state index is 13.2. The smallest absolute Gasteiger partial charge is 0.306 e. The van der Waals surface area contributed by atoms with Crippen molar-refractivity contribution >= 4 is 17.6 Å². The van der Waals surface area contributed by atoms with Crippen molar-refractivity contribution in [2.75, 3.05) is 5.32 Å². The number of carboxylic acid groups (broad SMARTS) is 1. The predicted octanol–water partition coefficient (Wildman–Crippen LogP) is 3.84. The number of amides is 1. The molecule has 26 heavy (non-hydrogen) atoms. The molecule has 3 rings (SSSR count). The van der Waals surface area contributed by atoms with Gasteiger partial charge in [-0.15, -0.1) is 0 Å². The molecule has 0 radical (unpaired) electrons. The summed E-state index contributed by atoms with van der Waals surface area (Å²) in [7, 11) is 0. The Hall–Kier alpha value is -2.89. The quantitative estimate of drug-likeness (QED) is 0.823. The molecule has 6 heteroatoms. The lowest BCUT2D eigenvalue weighted by molar-refractivity contribution is -0.141. The number of carbonyl (C=O) groups excluding carboxylic acids is 1. The number of hydrogen-bond donors (Lipinski definition) is 2. The Morgan fingerprint density at radius 1 is 1.12 bits per heavy atom. The number of ether oxygens (including phenoxy) is 1. The summed E-state index contributed by atoms with van der Waals surface area (Å²) in [5.74, 6) is -1.63. The van der Waals surface area contributed by atoms with Gasteiger partial charge in [0.25, 0.3) is 0 Å². The molecule has 1 aliphatic rings. The highest BCUT2D eigenvalue weighted by Gasteiger charge is 2.33. The first-order valence-electron chi connectivity index (χ1n) is 8.52. The van der Waals surface area contributed by atoms with Crippen LogP contribution in [0.1, 0.15) is 24.8 Å². The van der Waals surface area contributed by atoms with E-state index in [1.807, 2.05) is 6.07 Å². The number of aliphatic carboxylic acids is 1. The molecular formula is C20H20FNO4. The second-order valence-electron chi connectivity index (χ2n) is 6.48. The van der Waals surface area contributed by atoms with Gasteiger partial charge in [-0.1, -0.05) is 18.2 Å². The van der Waals surface area contributed by atoms with Crippen molar-refractivity contribution in [3.8, 4) is 5.75 Å². The summed E-state index contributed by atoms with van der Waals surface area (Å²) in [4.78, 5) is 23.3. The van der Waals surface area contributed by atoms with Gasteiger partial charge in [-0.25, -0.2) is 4.39 Å². The van der Waals surface area contributed by atoms with E-state index in [-0.39, 0.29) is 24.2 Å². The van der Waals surface area contributed by atoms with Crippen molar-refractivity contribution in [2.45, 2.75) is 25.9 Å². The van der Waals surface area contributed by atoms with Crippen LogP contribution in [-0.2, 0) is 16.2 Å². The van der Waals surface area contributed by atoms with Crippen LogP contribution in [0.3, 0.4) is 0 Å². The zero-order chi connectivity index (χ0) is 18.5. The fourth-order valence-corrected chi connectivity index (χ4v) is 3.15. The van der Waals surface area contributed by atoms with E-state index in [2.05, 4.69) is 5.32 Å². The number of nitrogens with one attached hydrogen (secondary N) is 1. The van der Waals surface area contributed by atoms with Crippen LogP contribution in [0.15, 0.2) is 48.5 Å². The Morgan fingerprint density at radius 2 is 1.88 bits per heavy atom. The maximum Gasteiger partial charge on any atom is 0.306 e. The first-order valence-corrected chi connectivity index (χ1v) is 8.52. The summed E-state index contributed by atoms with van der Waals surface area (Å²) in [6.45, 7) is 0.248. The summed E-state index contributed by atoms with van der Waals surface area (Å²) < 4.78 is 18.7. The summed E-state index contributed by atoms with van der Waals surface area (Å²) in [5, 5.41) is 11.9. The van der Waals surface area contributed by atoms with Gasteiger partial charge in [-0.2, -0.15) is 0 Å². The monoisotopic (exact) mass is 357 g/mol. The fraction of sp³-hybridized carbons (Fsp3) is 0.300. The number of hydrogen-bond acceptors (Lipinski definition) is 3. The van der Waals surface area contributed by atoms with Gasteiger partial charge in [0.05, 0.1) is 5.92 Å². The Morgan fingerprint density at radius 3 is 2.62 bits per heavy atom. The van der Waals surface area contributed by atoms with Crippen molar-refractivity contribution in [3.05, 3.63) is 59.9 Å². The van der Waals surface area contributed by atoms with Gasteiger partial charge in [-0.05, 0) is 49.1 Å². The van der Waals surface area contributed by atoms with Crippen molar-refractivity contribution in [1.82, 2.24) is 0 Å². The third-order valence-corrected chi connectivity index (χ3v) is 4.55. The molecule has 2 N–H and O–H groups in total. The van der Waals surface area contributed by atoms with Crippen molar-refractivity contribution in [3.63, 3.8) is 0 Å². The normalized spacial score (nSPS) is 19.1. The SMILES string of the molecule is O=C(O)[C@@H]1CC[C@H](C(=O)Nc2cccc(COc3cccc(F)c3)c2)C1. The Bertz CT molecular complexity index is 808. The van der Waals surface area contributed by atoms with Crippen LogP contribution in [-0.4, -0.2) is 17.0 Å². The van der Waals surface area contributed by atoms with Gasteiger partial charge in [0.2, 0.25) is 5.91 Å². The standard InChI is InChI=1S/C20H20FNO4/c21-16-4-2-6-18(11-16)26-12-13-3-1-5-17(9-13)22-19(23)14-7-8-15(10-14)20(24)25/h1-6,9,11,14-15H,7-8,10,12H2,(H,22,23)(H,24,25)/t14-,15+/m0/s1. The van der Waals surface area contributed by atoms with Gasteiger partial charge in [0, 0.05) is 17.7 Å². The van der Waals surface area contributed by atoms with E-state index in [9.17, 15) is 14.0 Å². The second kappa shape index (κ2) is 7.99. The van der Waals surface area contributed by atoms with E-state index in [0.717, 1.165) is 5.56 Å². The van der Waals surface area contributed by atoms with Gasteiger partial charge in [0.15, 0.2) is 0 Å². The lowest BCUT2D eigenvalue weighted by Crippen LogP contribution is -2.21. The first-order chi connectivity index (χ1) is 12.5. The van der Waals surface area contributed by atoms with Gasteiger partial charge in [-0.3, -0.25) is 9.59 Å². The molecule has 0 unspecified atom stereocenters. The Kier molecular flexibility index (Phi) is 5.51. The number of halogens is 1. The highest BCUT2D eigenvalue weighted by atomic mass is 19.1. The van der Waals surface area contributed by atoms with E-state index < -0.39 is 11.9 Å². The van der Waals surface area contributed by atoms with E-state index in [4.69, 9.17) is 9.84 Å². The highest BCUT2D eigenvalue weighted by molar-refractivity contribution is 5.93. The molecule has 0 aromatic heterocycles. The van der Waals surface area contributed by atoms with Gasteiger partial charge in [0.1, 0.15) is 18.2 Å². The van der Waals surface area contributed by atoms with Crippen LogP contribution in [0, 0.1) is 17.7 Å². The van der Waals surface area contributed by atoms with Crippen LogP contribution in [0.5, 0.6) is 5.75 Å². The minimum atomic E-state index is -0.836. The molecule has 0 saturated heterocycles. The van der Waals surface area contributed by atoms with Gasteiger partial charge < -0.3 is 15.2 Å². The fourth-order valence-electron chi connectivity index (χ4n) is 3.15. The van der Waals surface area contributed by atoms with Gasteiger partial charge >= 0.3 is 5.97 Å². The third kappa shape index (κ3) is 4.59. The topological polar surface area (TPSA) is 75.6 Å². The second-order valence-corrected chi connectivity index (χ2v) is 6.48. The van der Waals surface area contributed by atoms with Crippen molar-refractivity contribution in [1.29, 1.82) is 0 Å². The number of carboxylic acids is 1. The van der Waals surface area contributed by atoms with Crippen LogP contribution < -0.4 is 10.1 Å². The molecule has 136 valence electrons. The first kappa shape index (κ1) is 17.9. The molecule has 1 saturated carbocycles. The minimum absolute atomic E-state index is 0.156. The molecular weight excluding hydrogens is 337 g/mol. The van der Waals surface area contributed by atoms with E-state index >= 15 is 0 Å². The summed E-state index contributed by atoms with van der Waals surface area (Å²) in [6.07, 6.45) is 1.50. The predicted molar refractivity (Wildman–Crippen MR) is 94.3 cm³/mol. The summed E-state index contributed by atoms with van der Waals surface area (Å²) in [5.41, 5.74) is 1.47. The Balaban J connectivity index is 1.57. The maximum atomic E-state index is 13.2. The number of benzene rings is 2. The summed E-state index contributed by atoms with van der Waals surface area (Å²) in [6, 6.07) is 13.1. The zero-order valence-electron chi connectivity index (χ0n) is 14.2. The van der Waals surface area contributed by atoms with Crippen molar-refractivity contribution < 1.29 is 23.8 Å². The van der Waals surface area contributed by atoms with Crippen LogP contribution in [0.4, 0.5) is 10.1 Å². The molecule has 0 aliphatic heterocycles. The minimum Gasteiger partial charge on any atom is -0.489 e.